The van der Waals surface area contributed by atoms with Gasteiger partial charge in [0, 0.05) is 5.56 Å². The highest BCUT2D eigenvalue weighted by Crippen LogP contribution is 2.38. The molecule has 0 bridgehead atoms. The third kappa shape index (κ3) is 4.48. The van der Waals surface area contributed by atoms with Gasteiger partial charge >= 0.3 is 11.9 Å². The molecule has 0 unspecified atom stereocenters. The molecule has 0 aliphatic carbocycles. The molecule has 3 aromatic rings. The van der Waals surface area contributed by atoms with E-state index >= 15 is 0 Å². The van der Waals surface area contributed by atoms with Gasteiger partial charge in [-0.15, -0.1) is 0 Å². The normalized spacial score (nSPS) is 14.2. The second-order valence-corrected chi connectivity index (χ2v) is 7.79. The molecule has 1 aliphatic heterocycles. The molecule has 0 N–H and O–H groups in total. The van der Waals surface area contributed by atoms with Crippen molar-refractivity contribution in [3.63, 3.8) is 0 Å². The summed E-state index contributed by atoms with van der Waals surface area (Å²) in [4.78, 5) is 29.2. The Morgan fingerprint density at radius 2 is 1.78 bits per heavy atom. The van der Waals surface area contributed by atoms with E-state index in [1.807, 2.05) is 37.3 Å². The first-order valence-electron chi connectivity index (χ1n) is 9.69. The zero-order chi connectivity index (χ0) is 22.7. The first-order chi connectivity index (χ1) is 15.5. The van der Waals surface area contributed by atoms with Crippen LogP contribution in [0.2, 0.25) is 0 Å². The predicted molar refractivity (Wildman–Crippen MR) is 124 cm³/mol. The largest absolute Gasteiger partial charge is 0.493 e. The Hall–Kier alpha value is -3.71. The predicted octanol–water partition coefficient (Wildman–Crippen LogP) is 5.33. The molecule has 32 heavy (non-hydrogen) atoms. The summed E-state index contributed by atoms with van der Waals surface area (Å²) in [5.74, 6) is -0.231. The van der Waals surface area contributed by atoms with Crippen molar-refractivity contribution in [2.24, 2.45) is 4.99 Å². The number of carbonyl (C=O) groups excluding carboxylic acids is 2. The molecule has 4 rings (SSSR count). The average molecular weight is 492 g/mol. The molecule has 6 nitrogen and oxygen atoms in total. The quantitative estimate of drug-likeness (QED) is 0.274. The van der Waals surface area contributed by atoms with Crippen LogP contribution in [0.3, 0.4) is 0 Å². The third-order valence-electron chi connectivity index (χ3n) is 4.76. The van der Waals surface area contributed by atoms with Crippen molar-refractivity contribution in [2.45, 2.75) is 6.92 Å². The number of aliphatic imine (C=N–C) groups is 1. The lowest BCUT2D eigenvalue weighted by Crippen LogP contribution is -2.09. The first kappa shape index (κ1) is 21.5. The zero-order valence-electron chi connectivity index (χ0n) is 17.3. The van der Waals surface area contributed by atoms with Gasteiger partial charge in [0.2, 0.25) is 5.90 Å². The molecule has 0 fully saturated rings. The molecule has 1 aliphatic rings. The summed E-state index contributed by atoms with van der Waals surface area (Å²) < 4.78 is 16.8. The van der Waals surface area contributed by atoms with Crippen LogP contribution in [0.4, 0.5) is 0 Å². The molecule has 160 valence electrons. The van der Waals surface area contributed by atoms with Crippen LogP contribution < -0.4 is 9.47 Å². The molecule has 0 atom stereocenters. The van der Waals surface area contributed by atoms with E-state index in [-0.39, 0.29) is 17.3 Å². The standard InChI is InChI=1S/C25H18BrNO5/c1-15-8-6-7-11-18(15)23-27-20(25(29)32-23)13-16-12-19(26)22(21(14-16)30-2)31-24(28)17-9-4-3-5-10-17/h3-14H,1-2H3/b20-13-. The lowest BCUT2D eigenvalue weighted by atomic mass is 10.1. The number of esters is 2. The summed E-state index contributed by atoms with van der Waals surface area (Å²) in [7, 11) is 1.47. The Balaban J connectivity index is 1.64. The van der Waals surface area contributed by atoms with E-state index in [4.69, 9.17) is 14.2 Å². The summed E-state index contributed by atoms with van der Waals surface area (Å²) in [5, 5.41) is 0. The number of hydrogen-bond donors (Lipinski definition) is 0. The minimum absolute atomic E-state index is 0.159. The number of nitrogens with zero attached hydrogens (tertiary/aromatic N) is 1. The molecule has 0 radical (unpaired) electrons. The summed E-state index contributed by atoms with van der Waals surface area (Å²) in [6, 6.07) is 19.5. The highest BCUT2D eigenvalue weighted by molar-refractivity contribution is 9.10. The van der Waals surface area contributed by atoms with Gasteiger partial charge in [0.1, 0.15) is 0 Å². The van der Waals surface area contributed by atoms with Crippen molar-refractivity contribution in [3.05, 3.63) is 99.2 Å². The number of hydrogen-bond acceptors (Lipinski definition) is 6. The summed E-state index contributed by atoms with van der Waals surface area (Å²) in [5.41, 5.74) is 2.90. The molecule has 0 saturated carbocycles. The van der Waals surface area contributed by atoms with Crippen LogP contribution >= 0.6 is 15.9 Å². The van der Waals surface area contributed by atoms with E-state index < -0.39 is 11.9 Å². The molecular weight excluding hydrogens is 474 g/mol. The molecule has 0 aromatic heterocycles. The third-order valence-corrected chi connectivity index (χ3v) is 5.34. The number of rotatable bonds is 5. The van der Waals surface area contributed by atoms with E-state index in [2.05, 4.69) is 20.9 Å². The number of ether oxygens (including phenoxy) is 3. The smallest absolute Gasteiger partial charge is 0.363 e. The lowest BCUT2D eigenvalue weighted by molar-refractivity contribution is -0.129. The van der Waals surface area contributed by atoms with E-state index in [9.17, 15) is 9.59 Å². The van der Waals surface area contributed by atoms with Crippen molar-refractivity contribution in [1.29, 1.82) is 0 Å². The Kier molecular flexibility index (Phi) is 6.18. The Morgan fingerprint density at radius 3 is 2.50 bits per heavy atom. The number of halogens is 1. The maximum Gasteiger partial charge on any atom is 0.363 e. The number of benzene rings is 3. The van der Waals surface area contributed by atoms with Gasteiger partial charge in [0.05, 0.1) is 17.1 Å². The summed E-state index contributed by atoms with van der Waals surface area (Å²) in [6.07, 6.45) is 1.59. The molecular formula is C25H18BrNO5. The number of methoxy groups -OCH3 is 1. The Labute approximate surface area is 193 Å². The SMILES string of the molecule is COc1cc(/C=C2\N=C(c3ccccc3C)OC2=O)cc(Br)c1OC(=O)c1ccccc1. The van der Waals surface area contributed by atoms with Crippen LogP contribution in [0.1, 0.15) is 27.0 Å². The monoisotopic (exact) mass is 491 g/mol. The second-order valence-electron chi connectivity index (χ2n) is 6.94. The number of cyclic esters (lactones) is 1. The zero-order valence-corrected chi connectivity index (χ0v) is 18.9. The van der Waals surface area contributed by atoms with Crippen molar-refractivity contribution in [3.8, 4) is 11.5 Å². The average Bonchev–Trinajstić information content (AvgIpc) is 3.15. The van der Waals surface area contributed by atoms with Gasteiger partial charge in [-0.05, 0) is 70.4 Å². The first-order valence-corrected chi connectivity index (χ1v) is 10.5. The van der Waals surface area contributed by atoms with E-state index in [1.54, 1.807) is 42.5 Å². The van der Waals surface area contributed by atoms with Gasteiger partial charge in [-0.3, -0.25) is 0 Å². The molecule has 3 aromatic carbocycles. The minimum atomic E-state index is -0.544. The second kappa shape index (κ2) is 9.20. The van der Waals surface area contributed by atoms with Gasteiger partial charge in [-0.25, -0.2) is 14.6 Å². The Morgan fingerprint density at radius 1 is 1.06 bits per heavy atom. The van der Waals surface area contributed by atoms with E-state index in [0.717, 1.165) is 11.1 Å². The van der Waals surface area contributed by atoms with Crippen LogP contribution in [0.25, 0.3) is 6.08 Å². The number of aryl methyl sites for hydroxylation is 1. The fraction of sp³-hybridized carbons (Fsp3) is 0.0800. The van der Waals surface area contributed by atoms with Crippen LogP contribution in [0, 0.1) is 6.92 Å². The molecule has 7 heteroatoms. The highest BCUT2D eigenvalue weighted by atomic mass is 79.9. The lowest BCUT2D eigenvalue weighted by Gasteiger charge is -2.12. The maximum absolute atomic E-state index is 12.4. The fourth-order valence-electron chi connectivity index (χ4n) is 3.14. The van der Waals surface area contributed by atoms with Crippen LogP contribution in [-0.4, -0.2) is 24.9 Å². The van der Waals surface area contributed by atoms with Crippen molar-refractivity contribution < 1.29 is 23.8 Å². The molecule has 0 spiro atoms. The number of carbonyl (C=O) groups is 2. The van der Waals surface area contributed by atoms with Gasteiger partial charge < -0.3 is 14.2 Å². The van der Waals surface area contributed by atoms with Crippen molar-refractivity contribution in [1.82, 2.24) is 0 Å². The molecule has 1 heterocycles. The van der Waals surface area contributed by atoms with Gasteiger partial charge in [-0.2, -0.15) is 0 Å². The fourth-order valence-corrected chi connectivity index (χ4v) is 3.68. The van der Waals surface area contributed by atoms with Gasteiger partial charge in [0.25, 0.3) is 0 Å². The van der Waals surface area contributed by atoms with Crippen molar-refractivity contribution >= 4 is 39.8 Å². The van der Waals surface area contributed by atoms with Crippen LogP contribution in [0.5, 0.6) is 11.5 Å². The molecule has 0 saturated heterocycles. The van der Waals surface area contributed by atoms with E-state index in [1.165, 1.54) is 7.11 Å². The summed E-state index contributed by atoms with van der Waals surface area (Å²) >= 11 is 3.42. The van der Waals surface area contributed by atoms with Gasteiger partial charge in [-0.1, -0.05) is 36.4 Å². The van der Waals surface area contributed by atoms with E-state index in [0.29, 0.717) is 21.3 Å². The molecule has 0 amide bonds. The van der Waals surface area contributed by atoms with Crippen molar-refractivity contribution in [2.75, 3.05) is 7.11 Å². The summed E-state index contributed by atoms with van der Waals surface area (Å²) in [6.45, 7) is 1.92. The van der Waals surface area contributed by atoms with Gasteiger partial charge in [0.15, 0.2) is 17.2 Å². The maximum atomic E-state index is 12.4. The topological polar surface area (TPSA) is 74.2 Å². The van der Waals surface area contributed by atoms with Crippen LogP contribution in [-0.2, 0) is 9.53 Å². The highest BCUT2D eigenvalue weighted by Gasteiger charge is 2.25. The Bertz CT molecular complexity index is 1260. The minimum Gasteiger partial charge on any atom is -0.493 e. The van der Waals surface area contributed by atoms with Crippen LogP contribution in [0.15, 0.2) is 81.9 Å².